The minimum atomic E-state index is -0.901. The molecule has 0 bridgehead atoms. The molecule has 8 heteroatoms. The van der Waals surface area contributed by atoms with Gasteiger partial charge in [0.15, 0.2) is 5.82 Å². The summed E-state index contributed by atoms with van der Waals surface area (Å²) in [4.78, 5) is 16.7. The molecule has 8 nitrogen and oxygen atoms in total. The molecule has 0 spiro atoms. The fourth-order valence-corrected chi connectivity index (χ4v) is 2.25. The minimum absolute atomic E-state index is 0.00901. The maximum absolute atomic E-state index is 11.0. The molecular weight excluding hydrogens is 250 g/mol. The Balaban J connectivity index is 1.77. The van der Waals surface area contributed by atoms with Crippen LogP contribution in [0.2, 0.25) is 0 Å². The zero-order chi connectivity index (χ0) is 13.2. The number of hydrogen-bond acceptors (Lipinski definition) is 5. The van der Waals surface area contributed by atoms with Gasteiger partial charge in [0, 0.05) is 25.2 Å². The Morgan fingerprint density at radius 3 is 3.21 bits per heavy atom. The second-order valence-corrected chi connectivity index (χ2v) is 4.50. The third kappa shape index (κ3) is 2.28. The van der Waals surface area contributed by atoms with Gasteiger partial charge in [-0.1, -0.05) is 5.16 Å². The van der Waals surface area contributed by atoms with Gasteiger partial charge in [-0.3, -0.25) is 5.10 Å². The molecule has 1 atom stereocenters. The molecule has 0 aromatic carbocycles. The van der Waals surface area contributed by atoms with Crippen molar-refractivity contribution in [2.45, 2.75) is 18.8 Å². The molecule has 1 aliphatic rings. The molecular formula is C11H13N5O3. The van der Waals surface area contributed by atoms with Gasteiger partial charge >= 0.3 is 6.09 Å². The maximum atomic E-state index is 11.0. The smallest absolute Gasteiger partial charge is 0.407 e. The highest BCUT2D eigenvalue weighted by Gasteiger charge is 2.28. The second kappa shape index (κ2) is 4.71. The first-order valence-electron chi connectivity index (χ1n) is 6.05. The van der Waals surface area contributed by atoms with Gasteiger partial charge in [0.25, 0.3) is 5.89 Å². The topological polar surface area (TPSA) is 108 Å². The summed E-state index contributed by atoms with van der Waals surface area (Å²) >= 11 is 0. The van der Waals surface area contributed by atoms with Crippen molar-refractivity contribution in [2.24, 2.45) is 0 Å². The number of amides is 1. The van der Waals surface area contributed by atoms with E-state index < -0.39 is 6.09 Å². The van der Waals surface area contributed by atoms with Crippen molar-refractivity contribution in [3.63, 3.8) is 0 Å². The van der Waals surface area contributed by atoms with Gasteiger partial charge in [-0.15, -0.1) is 0 Å². The van der Waals surface area contributed by atoms with E-state index in [-0.39, 0.29) is 5.92 Å². The fraction of sp³-hybridized carbons (Fsp3) is 0.455. The lowest BCUT2D eigenvalue weighted by atomic mass is 9.98. The van der Waals surface area contributed by atoms with Gasteiger partial charge in [-0.25, -0.2) is 4.79 Å². The molecule has 3 rings (SSSR count). The summed E-state index contributed by atoms with van der Waals surface area (Å²) < 4.78 is 5.16. The summed E-state index contributed by atoms with van der Waals surface area (Å²) in [6, 6.07) is 1.74. The minimum Gasteiger partial charge on any atom is -0.465 e. The molecule has 1 unspecified atom stereocenters. The molecule has 100 valence electrons. The Morgan fingerprint density at radius 2 is 2.47 bits per heavy atom. The van der Waals surface area contributed by atoms with Crippen molar-refractivity contribution in [1.82, 2.24) is 25.2 Å². The second-order valence-electron chi connectivity index (χ2n) is 4.50. The Morgan fingerprint density at radius 1 is 1.58 bits per heavy atom. The first kappa shape index (κ1) is 11.7. The zero-order valence-corrected chi connectivity index (χ0v) is 10.1. The highest BCUT2D eigenvalue weighted by Crippen LogP contribution is 2.26. The zero-order valence-electron chi connectivity index (χ0n) is 10.1. The first-order chi connectivity index (χ1) is 9.24. The Hall–Kier alpha value is -2.38. The molecule has 0 radical (unpaired) electrons. The van der Waals surface area contributed by atoms with Gasteiger partial charge in [0.1, 0.15) is 5.69 Å². The summed E-state index contributed by atoms with van der Waals surface area (Å²) in [6.45, 7) is 0.981. The largest absolute Gasteiger partial charge is 0.465 e. The third-order valence-corrected chi connectivity index (χ3v) is 3.23. The molecule has 1 saturated heterocycles. The average Bonchev–Trinajstić information content (AvgIpc) is 3.09. The van der Waals surface area contributed by atoms with Crippen LogP contribution in [0.25, 0.3) is 11.6 Å². The van der Waals surface area contributed by atoms with E-state index in [4.69, 9.17) is 9.63 Å². The molecule has 2 aromatic rings. The lowest BCUT2D eigenvalue weighted by Crippen LogP contribution is -2.38. The van der Waals surface area contributed by atoms with Crippen LogP contribution in [0.5, 0.6) is 0 Å². The molecule has 0 aliphatic carbocycles. The highest BCUT2D eigenvalue weighted by atomic mass is 16.5. The van der Waals surface area contributed by atoms with Crippen molar-refractivity contribution < 1.29 is 14.4 Å². The maximum Gasteiger partial charge on any atom is 0.407 e. The van der Waals surface area contributed by atoms with E-state index in [2.05, 4.69) is 20.3 Å². The monoisotopic (exact) mass is 263 g/mol. The highest BCUT2D eigenvalue weighted by molar-refractivity contribution is 5.65. The van der Waals surface area contributed by atoms with E-state index in [1.807, 2.05) is 0 Å². The SMILES string of the molecule is O=C(O)N1CCCC(c2noc(-c3ccn[nH]3)n2)C1. The lowest BCUT2D eigenvalue weighted by molar-refractivity contribution is 0.129. The number of piperidine rings is 1. The molecule has 0 saturated carbocycles. The van der Waals surface area contributed by atoms with E-state index in [0.717, 1.165) is 12.8 Å². The fourth-order valence-electron chi connectivity index (χ4n) is 2.25. The van der Waals surface area contributed by atoms with E-state index in [9.17, 15) is 4.79 Å². The number of rotatable bonds is 2. The standard InChI is InChI=1S/C11H13N5O3/c17-11(18)16-5-1-2-7(6-16)9-13-10(19-15-9)8-3-4-12-14-8/h3-4,7H,1-2,5-6H2,(H,12,14)(H,17,18). The van der Waals surface area contributed by atoms with E-state index in [1.165, 1.54) is 4.90 Å². The van der Waals surface area contributed by atoms with Crippen LogP contribution in [-0.4, -0.2) is 49.5 Å². The predicted molar refractivity (Wildman–Crippen MR) is 63.5 cm³/mol. The van der Waals surface area contributed by atoms with Crippen molar-refractivity contribution in [3.8, 4) is 11.6 Å². The van der Waals surface area contributed by atoms with Crippen LogP contribution in [0, 0.1) is 0 Å². The van der Waals surface area contributed by atoms with Crippen LogP contribution in [0.4, 0.5) is 4.79 Å². The van der Waals surface area contributed by atoms with Gasteiger partial charge in [0.05, 0.1) is 0 Å². The normalized spacial score (nSPS) is 19.6. The van der Waals surface area contributed by atoms with E-state index >= 15 is 0 Å². The number of H-pyrrole nitrogens is 1. The summed E-state index contributed by atoms with van der Waals surface area (Å²) in [5.74, 6) is 0.917. The number of aromatic amines is 1. The molecule has 1 aliphatic heterocycles. The van der Waals surface area contributed by atoms with Gasteiger partial charge < -0.3 is 14.5 Å². The summed E-state index contributed by atoms with van der Waals surface area (Å²) in [5.41, 5.74) is 0.657. The summed E-state index contributed by atoms with van der Waals surface area (Å²) in [6.07, 6.45) is 2.38. The van der Waals surface area contributed by atoms with Crippen molar-refractivity contribution in [1.29, 1.82) is 0 Å². The molecule has 2 aromatic heterocycles. The number of hydrogen-bond donors (Lipinski definition) is 2. The molecule has 2 N–H and O–H groups in total. The molecule has 1 amide bonds. The quantitative estimate of drug-likeness (QED) is 0.845. The van der Waals surface area contributed by atoms with Crippen molar-refractivity contribution in [2.75, 3.05) is 13.1 Å². The van der Waals surface area contributed by atoms with Crippen LogP contribution in [0.3, 0.4) is 0 Å². The van der Waals surface area contributed by atoms with Crippen molar-refractivity contribution in [3.05, 3.63) is 18.1 Å². The number of carboxylic acid groups (broad SMARTS) is 1. The van der Waals surface area contributed by atoms with Crippen LogP contribution >= 0.6 is 0 Å². The van der Waals surface area contributed by atoms with Gasteiger partial charge in [0.2, 0.25) is 0 Å². The Bertz CT molecular complexity index is 565. The summed E-state index contributed by atoms with van der Waals surface area (Å²) in [5, 5.41) is 19.5. The predicted octanol–water partition coefficient (Wildman–Crippen LogP) is 1.32. The summed E-state index contributed by atoms with van der Waals surface area (Å²) in [7, 11) is 0. The molecule has 3 heterocycles. The lowest BCUT2D eigenvalue weighted by Gasteiger charge is -2.28. The molecule has 19 heavy (non-hydrogen) atoms. The van der Waals surface area contributed by atoms with Crippen LogP contribution in [0.1, 0.15) is 24.6 Å². The number of nitrogens with one attached hydrogen (secondary N) is 1. The number of likely N-dealkylation sites (tertiary alicyclic amines) is 1. The average molecular weight is 263 g/mol. The Labute approximate surface area is 108 Å². The van der Waals surface area contributed by atoms with Crippen molar-refractivity contribution >= 4 is 6.09 Å². The van der Waals surface area contributed by atoms with Crippen LogP contribution in [-0.2, 0) is 0 Å². The number of carbonyl (C=O) groups is 1. The van der Waals surface area contributed by atoms with E-state index in [0.29, 0.717) is 30.5 Å². The first-order valence-corrected chi connectivity index (χ1v) is 6.05. The Kier molecular flexibility index (Phi) is 2.90. The molecule has 1 fully saturated rings. The van der Waals surface area contributed by atoms with Crippen LogP contribution < -0.4 is 0 Å². The number of nitrogens with zero attached hydrogens (tertiary/aromatic N) is 4. The van der Waals surface area contributed by atoms with Gasteiger partial charge in [-0.2, -0.15) is 10.1 Å². The van der Waals surface area contributed by atoms with E-state index in [1.54, 1.807) is 12.3 Å². The van der Waals surface area contributed by atoms with Gasteiger partial charge in [-0.05, 0) is 18.9 Å². The number of aromatic nitrogens is 4. The van der Waals surface area contributed by atoms with Crippen LogP contribution in [0.15, 0.2) is 16.8 Å². The third-order valence-electron chi connectivity index (χ3n) is 3.23.